The van der Waals surface area contributed by atoms with Gasteiger partial charge in [-0.25, -0.2) is 14.8 Å². The predicted octanol–water partition coefficient (Wildman–Crippen LogP) is -15.3. The fourth-order valence-electron chi connectivity index (χ4n) is 13.1. The van der Waals surface area contributed by atoms with Crippen molar-refractivity contribution in [1.29, 1.82) is 5.41 Å². The van der Waals surface area contributed by atoms with Crippen molar-refractivity contribution < 1.29 is 161 Å². The maximum atomic E-state index is 14.5. The summed E-state index contributed by atoms with van der Waals surface area (Å²) >= 11 is 1.22. The van der Waals surface area contributed by atoms with Crippen LogP contribution in [0, 0.1) is 5.41 Å². The summed E-state index contributed by atoms with van der Waals surface area (Å²) in [6.07, 6.45) is -7.32. The lowest BCUT2D eigenvalue weighted by Gasteiger charge is -2.29. The molecule has 19 atom stereocenters. The van der Waals surface area contributed by atoms with Gasteiger partial charge in [-0.2, -0.15) is 11.8 Å². The summed E-state index contributed by atoms with van der Waals surface area (Å²) in [4.78, 5) is 323. The molecule has 0 aromatic carbocycles. The topological polar surface area (TPSA) is 1040 Å². The number of nitrogens with one attached hydrogen (secondary N) is 20. The number of aromatic nitrogens is 4. The first-order valence-electron chi connectivity index (χ1n) is 44.8. The molecule has 0 radical (unpaired) electrons. The molecule has 62 heteroatoms. The number of aromatic amines is 2. The summed E-state index contributed by atoms with van der Waals surface area (Å²) in [6, 6.07) is -32.4. The van der Waals surface area contributed by atoms with E-state index in [2.05, 4.69) is 105 Å². The minimum Gasteiger partial charge on any atom is -0.481 e. The predicted molar refractivity (Wildman–Crippen MR) is 493 cm³/mol. The average Bonchev–Trinajstić information content (AvgIpc) is 1.66. The molecule has 42 N–H and O–H groups in total. The largest absolute Gasteiger partial charge is 0.481 e. The van der Waals surface area contributed by atoms with E-state index >= 15 is 0 Å². The zero-order valence-electron chi connectivity index (χ0n) is 78.4. The maximum absolute atomic E-state index is 14.5. The highest BCUT2D eigenvalue weighted by Gasteiger charge is 2.42. The molecule has 0 aliphatic rings. The molecule has 2 rings (SSSR count). The highest BCUT2D eigenvalue weighted by molar-refractivity contribution is 7.98. The number of carbonyl (C=O) groups excluding carboxylic acids is 18. The first kappa shape index (κ1) is 125. The number of amides is 18. The van der Waals surface area contributed by atoms with Gasteiger partial charge in [0.2, 0.25) is 106 Å². The lowest BCUT2D eigenvalue weighted by atomic mass is 10.0. The van der Waals surface area contributed by atoms with Gasteiger partial charge in [0, 0.05) is 63.9 Å². The normalized spacial score (nSPS) is 15.0. The Balaban J connectivity index is 2.55. The molecule has 143 heavy (non-hydrogen) atoms. The van der Waals surface area contributed by atoms with Crippen molar-refractivity contribution in [3.63, 3.8) is 0 Å². The van der Waals surface area contributed by atoms with Crippen LogP contribution < -0.4 is 125 Å². The average molecular weight is 2060 g/mol. The summed E-state index contributed by atoms with van der Waals surface area (Å²) in [5.74, 6) is -31.3. The van der Waals surface area contributed by atoms with Crippen LogP contribution in [-0.4, -0.2) is 380 Å². The number of rotatable bonds is 74. The Hall–Kier alpha value is -14.5. The summed E-state index contributed by atoms with van der Waals surface area (Å²) in [7, 11) is 0. The SMILES string of the molecule is CSCC[C@H](NC(=O)[C@@H](N)CCC(=O)O)C(=O)N[C@@H](CC(=O)O)C(=O)N[C@@H](CCCCN)C(=O)N[C@@H](CO)C(=O)N[C@@H](CO)C(=O)N[C@@H](CCC(N)=O)C(=O)N[C@@H](CCC(=O)O)C(=O)N[C@H](C(=O)N[C@@H](CCC(N)=O)C(=O)N[C@@H](CCCNC(=N)N)C(=O)N[C@@H](CO)C(=O)N[C@@H](CCC(=O)O)C(=O)N[C@@H](Cc1c[nH]cn1)C(=O)N[C@@H](CCCCN)C(=O)N[C@H](C(=O)N[C@@H](Cc1c[nH]cn1)C(=O)O)[C@@H](C)O)[C@@H](C)O. The molecule has 2 heterocycles. The van der Waals surface area contributed by atoms with Crippen LogP contribution in [0.2, 0.25) is 0 Å². The molecule has 18 amide bonds. The van der Waals surface area contributed by atoms with Gasteiger partial charge in [0.15, 0.2) is 5.96 Å². The molecule has 0 bridgehead atoms. The number of primary amides is 2. The van der Waals surface area contributed by atoms with Crippen LogP contribution in [0.1, 0.15) is 154 Å². The number of nitrogens with zero attached hydrogens (tertiary/aromatic N) is 2. The number of imidazole rings is 2. The van der Waals surface area contributed by atoms with Crippen LogP contribution in [0.4, 0.5) is 0 Å². The highest BCUT2D eigenvalue weighted by atomic mass is 32.2. The molecule has 61 nitrogen and oxygen atoms in total. The summed E-state index contributed by atoms with van der Waals surface area (Å²) in [6.45, 7) is -2.15. The number of aliphatic hydroxyl groups excluding tert-OH is 5. The minimum atomic E-state index is -2.27. The standard InChI is InChI=1S/C81H132N28O33S/c1-37(113)62(109-72(133)48(16-21-60(121)122)98-67(128)45(13-17-56(85)115)99-76(137)54(33-111)107-77(138)55(34-112)106-65(126)42(9-4-6-23-82)96-74(135)51(29-61(123)124)103-70(131)49(22-26-143-3)94-64(125)41(84)12-19-58(117)118)78(139)101-46(14-18-57(86)116)68(129)95-44(11-8-25-91-81(87)88)66(127)105-53(32-110)75(136)100-47(15-20-59(119)120)69(130)102-50(27-39-30-89-35-92-39)73(134)97-43(10-5-7-24-83)71(132)108-63(38(2)114)79(140)104-52(80(141)142)28-40-31-90-36-93-40/h30-31,35-38,41-55,62-63,110-114H,4-29,32-34,82-84H2,1-3H3,(H2,85,115)(H2,86,116)(H,89,92)(H,90,93)(H,94,125)(H,95,129)(H,96,135)(H,97,134)(H,98,128)(H,99,137)(H,100,136)(H,101,139)(H,102,130)(H,103,131)(H,104,140)(H,105,127)(H,106,126)(H,107,138)(H,108,132)(H,109,133)(H,117,118)(H,119,120)(H,121,122)(H,123,124)(H,141,142)(H4,87,88,91)/t37-,38-,41+,42+,43+,44+,45+,46+,47+,48+,49+,50+,51+,52+,53+,54+,55+,62+,63+/m1/s1. The molecule has 0 fully saturated rings. The number of carboxylic acids is 5. The third kappa shape index (κ3) is 48.5. The van der Waals surface area contributed by atoms with Crippen molar-refractivity contribution in [2.75, 3.05) is 51.5 Å². The number of nitrogens with two attached hydrogens (primary N) is 6. The summed E-state index contributed by atoms with van der Waals surface area (Å²) in [5.41, 5.74) is 33.8. The number of thioether (sulfide) groups is 1. The van der Waals surface area contributed by atoms with E-state index in [0.29, 0.717) is 0 Å². The second-order valence-corrected chi connectivity index (χ2v) is 33.6. The van der Waals surface area contributed by atoms with Crippen molar-refractivity contribution in [3.8, 4) is 0 Å². The number of aliphatic hydroxyl groups is 5. The smallest absolute Gasteiger partial charge is 0.326 e. The zero-order valence-corrected chi connectivity index (χ0v) is 79.2. The van der Waals surface area contributed by atoms with Crippen molar-refractivity contribution in [1.82, 2.24) is 110 Å². The van der Waals surface area contributed by atoms with E-state index in [1.54, 1.807) is 6.26 Å². The Morgan fingerprint density at radius 2 is 0.629 bits per heavy atom. The molecule has 0 saturated heterocycles. The molecule has 0 spiro atoms. The van der Waals surface area contributed by atoms with E-state index in [4.69, 9.17) is 44.9 Å². The second kappa shape index (κ2) is 66.3. The summed E-state index contributed by atoms with van der Waals surface area (Å²) < 4.78 is 0. The van der Waals surface area contributed by atoms with E-state index < -0.39 is 354 Å². The zero-order chi connectivity index (χ0) is 108. The van der Waals surface area contributed by atoms with Gasteiger partial charge < -0.3 is 186 Å². The van der Waals surface area contributed by atoms with Gasteiger partial charge in [-0.3, -0.25) is 111 Å². The Bertz CT molecular complexity index is 4610. The van der Waals surface area contributed by atoms with Crippen LogP contribution in [0.15, 0.2) is 25.0 Å². The number of unbranched alkanes of at least 4 members (excludes halogenated alkanes) is 2. The number of carbonyl (C=O) groups is 23. The molecule has 2 aromatic rings. The van der Waals surface area contributed by atoms with E-state index in [1.807, 2.05) is 5.32 Å². The molecular weight excluding hydrogens is 1930 g/mol. The van der Waals surface area contributed by atoms with Gasteiger partial charge in [0.25, 0.3) is 0 Å². The number of aliphatic carboxylic acids is 5. The Labute approximate surface area is 820 Å². The van der Waals surface area contributed by atoms with Gasteiger partial charge in [0.05, 0.1) is 68.5 Å². The van der Waals surface area contributed by atoms with Gasteiger partial charge in [-0.15, -0.1) is 0 Å². The summed E-state index contributed by atoms with van der Waals surface area (Å²) in [5, 5.41) is 147. The molecule has 800 valence electrons. The van der Waals surface area contributed by atoms with E-state index in [9.17, 15) is 156 Å². The molecule has 2 aromatic heterocycles. The van der Waals surface area contributed by atoms with Crippen LogP contribution in [0.3, 0.4) is 0 Å². The number of hydrogen-bond acceptors (Lipinski definition) is 35. The Morgan fingerprint density at radius 3 is 0.944 bits per heavy atom. The molecule has 0 saturated carbocycles. The fourth-order valence-corrected chi connectivity index (χ4v) is 13.6. The second-order valence-electron chi connectivity index (χ2n) is 32.6. The van der Waals surface area contributed by atoms with Crippen molar-refractivity contribution in [2.45, 2.75) is 270 Å². The third-order valence-corrected chi connectivity index (χ3v) is 21.6. The maximum Gasteiger partial charge on any atom is 0.326 e. The van der Waals surface area contributed by atoms with Crippen LogP contribution >= 0.6 is 11.8 Å². The van der Waals surface area contributed by atoms with Crippen LogP contribution in [0.5, 0.6) is 0 Å². The lowest BCUT2D eigenvalue weighted by molar-refractivity contribution is -0.143. The van der Waals surface area contributed by atoms with Crippen LogP contribution in [-0.2, 0) is 123 Å². The van der Waals surface area contributed by atoms with Crippen molar-refractivity contribution in [2.24, 2.45) is 34.4 Å². The quantitative estimate of drug-likeness (QED) is 0.0166. The molecular formula is C81H132N28O33S. The van der Waals surface area contributed by atoms with Crippen LogP contribution in [0.25, 0.3) is 0 Å². The number of H-pyrrole nitrogens is 2. The fraction of sp³-hybridized carbons (Fsp3) is 0.630. The first-order chi connectivity index (χ1) is 67.4. The van der Waals surface area contributed by atoms with Gasteiger partial charge in [-0.05, 0) is 129 Å². The van der Waals surface area contributed by atoms with Crippen molar-refractivity contribution in [3.05, 3.63) is 36.4 Å². The van der Waals surface area contributed by atoms with E-state index in [1.165, 1.54) is 36.8 Å². The van der Waals surface area contributed by atoms with E-state index in [-0.39, 0.29) is 101 Å². The lowest BCUT2D eigenvalue weighted by Crippen LogP contribution is -2.62. The Morgan fingerprint density at radius 1 is 0.350 bits per heavy atom. The molecule has 0 unspecified atom stereocenters. The number of carboxylic acid groups (broad SMARTS) is 5. The number of hydrogen-bond donors (Lipinski definition) is 36. The van der Waals surface area contributed by atoms with Gasteiger partial charge in [-0.1, -0.05) is 0 Å². The van der Waals surface area contributed by atoms with Crippen molar-refractivity contribution >= 4 is 154 Å². The first-order valence-corrected chi connectivity index (χ1v) is 46.2. The van der Waals surface area contributed by atoms with E-state index in [0.717, 1.165) is 13.8 Å². The monoisotopic (exact) mass is 2060 g/mol. The highest BCUT2D eigenvalue weighted by Crippen LogP contribution is 2.15. The number of guanidine groups is 1. The minimum absolute atomic E-state index is 0.0296. The molecule has 0 aliphatic carbocycles. The van der Waals surface area contributed by atoms with Gasteiger partial charge in [0.1, 0.15) is 96.7 Å². The third-order valence-electron chi connectivity index (χ3n) is 21.0. The Kier molecular flexibility index (Phi) is 57.7. The molecule has 0 aliphatic heterocycles. The van der Waals surface area contributed by atoms with Gasteiger partial charge >= 0.3 is 29.8 Å².